The van der Waals surface area contributed by atoms with Crippen molar-refractivity contribution in [2.45, 2.75) is 0 Å². The molecular weight excluding hydrogens is 252 g/mol. The van der Waals surface area contributed by atoms with Crippen LogP contribution in [0.1, 0.15) is 0 Å². The van der Waals surface area contributed by atoms with Gasteiger partial charge in [-0.05, 0) is 24.3 Å². The molecule has 0 unspecified atom stereocenters. The van der Waals surface area contributed by atoms with Crippen LogP contribution in [0, 0.1) is 0 Å². The van der Waals surface area contributed by atoms with Crippen molar-refractivity contribution < 1.29 is 4.42 Å². The summed E-state index contributed by atoms with van der Waals surface area (Å²) in [5.41, 5.74) is 1.82. The van der Waals surface area contributed by atoms with Gasteiger partial charge in [0.2, 0.25) is 0 Å². The van der Waals surface area contributed by atoms with Crippen molar-refractivity contribution in [2.75, 3.05) is 0 Å². The van der Waals surface area contributed by atoms with Crippen LogP contribution in [0.2, 0.25) is 5.02 Å². The maximum Gasteiger partial charge on any atom is 0.154 e. The zero-order valence-electron chi connectivity index (χ0n) is 8.74. The molecule has 82 valence electrons. The molecule has 0 aliphatic carbocycles. The van der Waals surface area contributed by atoms with Gasteiger partial charge in [-0.25, -0.2) is 0 Å². The third-order valence-electron chi connectivity index (χ3n) is 2.96. The Labute approximate surface area is 106 Å². The number of halogens is 1. The summed E-state index contributed by atoms with van der Waals surface area (Å²) >= 11 is 7.99. The van der Waals surface area contributed by atoms with Gasteiger partial charge in [0.25, 0.3) is 0 Å². The van der Waals surface area contributed by atoms with E-state index < -0.39 is 0 Å². The molecule has 0 bridgehead atoms. The summed E-state index contributed by atoms with van der Waals surface area (Å²) in [6.45, 7) is 0. The molecule has 1 nitrogen and oxygen atoms in total. The summed E-state index contributed by atoms with van der Waals surface area (Å²) in [5, 5.41) is 2.96. The van der Waals surface area contributed by atoms with Gasteiger partial charge in [0, 0.05) is 10.1 Å². The van der Waals surface area contributed by atoms with Gasteiger partial charge in [0.1, 0.15) is 5.58 Å². The van der Waals surface area contributed by atoms with E-state index in [0.717, 1.165) is 26.3 Å². The molecule has 0 radical (unpaired) electrons. The molecule has 17 heavy (non-hydrogen) atoms. The maximum absolute atomic E-state index is 6.25. The number of rotatable bonds is 0. The first-order chi connectivity index (χ1) is 8.34. The molecule has 0 fully saturated rings. The van der Waals surface area contributed by atoms with Crippen molar-refractivity contribution in [1.29, 1.82) is 0 Å². The minimum atomic E-state index is 0.757. The normalized spacial score (nSPS) is 11.8. The number of hydrogen-bond donors (Lipinski definition) is 0. The first kappa shape index (κ1) is 9.51. The highest BCUT2D eigenvalue weighted by Gasteiger charge is 2.14. The van der Waals surface area contributed by atoms with Crippen LogP contribution in [0.15, 0.2) is 46.9 Å². The van der Waals surface area contributed by atoms with Gasteiger partial charge in [-0.2, -0.15) is 0 Å². The zero-order valence-corrected chi connectivity index (χ0v) is 10.3. The van der Waals surface area contributed by atoms with Crippen LogP contribution in [0.4, 0.5) is 0 Å². The SMILES string of the molecule is Clc1cccc2oc3c4ccccc4sc3c12. The van der Waals surface area contributed by atoms with Gasteiger partial charge in [0.15, 0.2) is 5.58 Å². The molecule has 2 aromatic carbocycles. The van der Waals surface area contributed by atoms with Crippen molar-refractivity contribution in [2.24, 2.45) is 0 Å². The van der Waals surface area contributed by atoms with E-state index >= 15 is 0 Å². The average Bonchev–Trinajstić information content (AvgIpc) is 2.85. The van der Waals surface area contributed by atoms with Crippen molar-refractivity contribution in [3.63, 3.8) is 0 Å². The maximum atomic E-state index is 6.25. The lowest BCUT2D eigenvalue weighted by Gasteiger charge is -1.91. The van der Waals surface area contributed by atoms with E-state index in [2.05, 4.69) is 12.1 Å². The first-order valence-corrected chi connectivity index (χ1v) is 6.52. The molecule has 4 aromatic rings. The second-order valence-corrected chi connectivity index (χ2v) is 5.43. The van der Waals surface area contributed by atoms with Gasteiger partial charge in [-0.3, -0.25) is 0 Å². The molecule has 0 saturated carbocycles. The molecule has 0 spiro atoms. The zero-order chi connectivity index (χ0) is 11.4. The standard InChI is InChI=1S/C14H7ClOS/c15-9-5-3-6-10-12(9)14-13(16-10)8-4-1-2-7-11(8)17-14/h1-7H. The molecule has 0 atom stereocenters. The molecule has 0 aliphatic heterocycles. The van der Waals surface area contributed by atoms with Crippen LogP contribution in [0.25, 0.3) is 31.3 Å². The van der Waals surface area contributed by atoms with E-state index in [9.17, 15) is 0 Å². The Balaban J connectivity index is 2.35. The van der Waals surface area contributed by atoms with E-state index in [1.165, 1.54) is 10.1 Å². The Morgan fingerprint density at radius 1 is 1.00 bits per heavy atom. The molecule has 2 heterocycles. The third-order valence-corrected chi connectivity index (χ3v) is 4.45. The van der Waals surface area contributed by atoms with Crippen LogP contribution in [0.5, 0.6) is 0 Å². The minimum Gasteiger partial charge on any atom is -0.454 e. The minimum absolute atomic E-state index is 0.757. The lowest BCUT2D eigenvalue weighted by atomic mass is 10.2. The van der Waals surface area contributed by atoms with E-state index in [1.54, 1.807) is 11.3 Å². The number of hydrogen-bond acceptors (Lipinski definition) is 2. The van der Waals surface area contributed by atoms with Crippen molar-refractivity contribution in [3.8, 4) is 0 Å². The lowest BCUT2D eigenvalue weighted by molar-refractivity contribution is 0.673. The molecule has 0 amide bonds. The Bertz CT molecular complexity index is 856. The van der Waals surface area contributed by atoms with Gasteiger partial charge in [0.05, 0.1) is 15.1 Å². The largest absolute Gasteiger partial charge is 0.454 e. The molecule has 0 aliphatic rings. The predicted molar refractivity (Wildman–Crippen MR) is 74.1 cm³/mol. The summed E-state index contributed by atoms with van der Waals surface area (Å²) in [5.74, 6) is 0. The Morgan fingerprint density at radius 2 is 1.88 bits per heavy atom. The van der Waals surface area contributed by atoms with Crippen molar-refractivity contribution in [3.05, 3.63) is 47.5 Å². The van der Waals surface area contributed by atoms with Crippen LogP contribution in [0.3, 0.4) is 0 Å². The highest BCUT2D eigenvalue weighted by molar-refractivity contribution is 7.26. The van der Waals surface area contributed by atoms with Gasteiger partial charge in [-0.1, -0.05) is 29.8 Å². The van der Waals surface area contributed by atoms with Crippen LogP contribution in [-0.2, 0) is 0 Å². The highest BCUT2D eigenvalue weighted by atomic mass is 35.5. The van der Waals surface area contributed by atoms with Crippen molar-refractivity contribution >= 4 is 54.3 Å². The van der Waals surface area contributed by atoms with Crippen LogP contribution < -0.4 is 0 Å². The Morgan fingerprint density at radius 3 is 2.82 bits per heavy atom. The van der Waals surface area contributed by atoms with Gasteiger partial charge < -0.3 is 4.42 Å². The topological polar surface area (TPSA) is 13.1 Å². The summed E-state index contributed by atoms with van der Waals surface area (Å²) in [7, 11) is 0. The predicted octanol–water partition coefficient (Wildman–Crippen LogP) is 5.45. The van der Waals surface area contributed by atoms with Gasteiger partial charge in [-0.15, -0.1) is 11.3 Å². The van der Waals surface area contributed by atoms with Gasteiger partial charge >= 0.3 is 0 Å². The summed E-state index contributed by atoms with van der Waals surface area (Å²) in [6.07, 6.45) is 0. The molecule has 0 saturated heterocycles. The fourth-order valence-corrected chi connectivity index (χ4v) is 3.72. The number of thiophene rings is 1. The smallest absolute Gasteiger partial charge is 0.154 e. The fourth-order valence-electron chi connectivity index (χ4n) is 2.21. The van der Waals surface area contributed by atoms with E-state index in [4.69, 9.17) is 16.0 Å². The average molecular weight is 259 g/mol. The number of furan rings is 1. The summed E-state index contributed by atoms with van der Waals surface area (Å²) in [4.78, 5) is 0. The Kier molecular flexibility index (Phi) is 1.82. The van der Waals surface area contributed by atoms with E-state index in [1.807, 2.05) is 30.3 Å². The highest BCUT2D eigenvalue weighted by Crippen LogP contribution is 2.42. The quantitative estimate of drug-likeness (QED) is 0.408. The second-order valence-electron chi connectivity index (χ2n) is 3.97. The lowest BCUT2D eigenvalue weighted by Crippen LogP contribution is -1.65. The fraction of sp³-hybridized carbons (Fsp3) is 0. The molecule has 4 rings (SSSR count). The molecule has 0 N–H and O–H groups in total. The molecular formula is C14H7ClOS. The summed E-state index contributed by atoms with van der Waals surface area (Å²) < 4.78 is 8.30. The number of fused-ring (bicyclic) bond motifs is 5. The first-order valence-electron chi connectivity index (χ1n) is 5.33. The Hall–Kier alpha value is -1.51. The molecule has 3 heteroatoms. The monoisotopic (exact) mass is 258 g/mol. The number of benzene rings is 2. The van der Waals surface area contributed by atoms with Crippen LogP contribution in [-0.4, -0.2) is 0 Å². The second kappa shape index (κ2) is 3.25. The third kappa shape index (κ3) is 1.20. The van der Waals surface area contributed by atoms with E-state index in [0.29, 0.717) is 0 Å². The summed E-state index contributed by atoms with van der Waals surface area (Å²) in [6, 6.07) is 14.1. The molecule has 2 aromatic heterocycles. The van der Waals surface area contributed by atoms with E-state index in [-0.39, 0.29) is 0 Å². The van der Waals surface area contributed by atoms with Crippen LogP contribution >= 0.6 is 22.9 Å². The van der Waals surface area contributed by atoms with Crippen molar-refractivity contribution in [1.82, 2.24) is 0 Å².